The molecule has 0 unspecified atom stereocenters. The first-order valence-corrected chi connectivity index (χ1v) is 6.36. The van der Waals surface area contributed by atoms with Crippen LogP contribution in [0.5, 0.6) is 0 Å². The average Bonchev–Trinajstić information content (AvgIpc) is 2.37. The number of rotatable bonds is 3. The molecule has 0 spiro atoms. The minimum absolute atomic E-state index is 0.341. The molecule has 0 bridgehead atoms. The van der Waals surface area contributed by atoms with Crippen molar-refractivity contribution in [3.8, 4) is 0 Å². The molecule has 0 aliphatic heterocycles. The van der Waals surface area contributed by atoms with E-state index in [-0.39, 0.29) is 5.82 Å². The topological polar surface area (TPSA) is 24.9 Å². The van der Waals surface area contributed by atoms with Crippen LogP contribution in [0.15, 0.2) is 41.0 Å². The molecule has 0 radical (unpaired) electrons. The predicted octanol–water partition coefficient (Wildman–Crippen LogP) is 4.61. The first kappa shape index (κ1) is 14.8. The van der Waals surface area contributed by atoms with E-state index < -0.39 is 11.9 Å². The van der Waals surface area contributed by atoms with Gasteiger partial charge < -0.3 is 5.32 Å². The fourth-order valence-corrected chi connectivity index (χ4v) is 2.02. The van der Waals surface area contributed by atoms with Crippen LogP contribution in [0.3, 0.4) is 0 Å². The Morgan fingerprint density at radius 3 is 2.45 bits per heavy atom. The number of anilines is 1. The van der Waals surface area contributed by atoms with Crippen LogP contribution in [0.1, 0.15) is 11.3 Å². The zero-order valence-corrected chi connectivity index (χ0v) is 11.6. The Balaban J connectivity index is 2.04. The molecule has 106 valence electrons. The van der Waals surface area contributed by atoms with Crippen molar-refractivity contribution in [3.05, 3.63) is 58.1 Å². The number of benzene rings is 1. The van der Waals surface area contributed by atoms with Gasteiger partial charge in [0.25, 0.3) is 0 Å². The smallest absolute Gasteiger partial charge is 0.380 e. The van der Waals surface area contributed by atoms with E-state index in [2.05, 4.69) is 26.2 Å². The van der Waals surface area contributed by atoms with Gasteiger partial charge in [-0.2, -0.15) is 13.2 Å². The number of aromatic nitrogens is 1. The summed E-state index contributed by atoms with van der Waals surface area (Å²) in [6.07, 6.45) is -3.33. The summed E-state index contributed by atoms with van der Waals surface area (Å²) in [5, 5.41) is 2.92. The zero-order chi connectivity index (χ0) is 14.8. The van der Waals surface area contributed by atoms with E-state index in [4.69, 9.17) is 0 Å². The largest absolute Gasteiger partial charge is 0.433 e. The van der Waals surface area contributed by atoms with E-state index in [1.54, 1.807) is 6.07 Å². The highest BCUT2D eigenvalue weighted by atomic mass is 79.9. The maximum absolute atomic E-state index is 12.9. The van der Waals surface area contributed by atoms with E-state index in [1.165, 1.54) is 18.2 Å². The van der Waals surface area contributed by atoms with Gasteiger partial charge >= 0.3 is 6.18 Å². The van der Waals surface area contributed by atoms with Crippen LogP contribution < -0.4 is 5.32 Å². The predicted molar refractivity (Wildman–Crippen MR) is 70.7 cm³/mol. The lowest BCUT2D eigenvalue weighted by Gasteiger charge is -2.10. The van der Waals surface area contributed by atoms with Gasteiger partial charge in [0.05, 0.1) is 11.9 Å². The number of nitrogens with one attached hydrogen (secondary N) is 1. The Hall–Kier alpha value is -1.63. The molecule has 2 aromatic rings. The second-order valence-electron chi connectivity index (χ2n) is 4.02. The van der Waals surface area contributed by atoms with Gasteiger partial charge in [-0.05, 0) is 29.8 Å². The lowest BCUT2D eigenvalue weighted by atomic mass is 10.2. The summed E-state index contributed by atoms with van der Waals surface area (Å²) in [5.74, 6) is -0.364. The number of alkyl halides is 3. The molecule has 0 atom stereocenters. The number of hydrogen-bond donors (Lipinski definition) is 1. The summed E-state index contributed by atoms with van der Waals surface area (Å²) in [7, 11) is 0. The van der Waals surface area contributed by atoms with Crippen LogP contribution in [0.25, 0.3) is 0 Å². The quantitative estimate of drug-likeness (QED) is 0.819. The van der Waals surface area contributed by atoms with E-state index in [9.17, 15) is 17.6 Å². The van der Waals surface area contributed by atoms with E-state index in [0.29, 0.717) is 16.7 Å². The van der Waals surface area contributed by atoms with Crippen LogP contribution in [-0.2, 0) is 12.7 Å². The van der Waals surface area contributed by atoms with Gasteiger partial charge in [-0.25, -0.2) is 9.37 Å². The highest BCUT2D eigenvalue weighted by Crippen LogP contribution is 2.28. The van der Waals surface area contributed by atoms with Crippen molar-refractivity contribution in [2.75, 3.05) is 5.32 Å². The maximum Gasteiger partial charge on any atom is 0.433 e. The van der Waals surface area contributed by atoms with Crippen molar-refractivity contribution in [1.29, 1.82) is 0 Å². The van der Waals surface area contributed by atoms with Gasteiger partial charge in [-0.1, -0.05) is 22.0 Å². The van der Waals surface area contributed by atoms with Crippen molar-refractivity contribution >= 4 is 21.6 Å². The van der Waals surface area contributed by atoms with Crippen molar-refractivity contribution in [3.63, 3.8) is 0 Å². The summed E-state index contributed by atoms with van der Waals surface area (Å²) >= 11 is 3.21. The van der Waals surface area contributed by atoms with Crippen molar-refractivity contribution < 1.29 is 17.6 Å². The molecule has 2 nitrogen and oxygen atoms in total. The summed E-state index contributed by atoms with van der Waals surface area (Å²) < 4.78 is 50.5. The average molecular weight is 349 g/mol. The summed E-state index contributed by atoms with van der Waals surface area (Å²) in [6.45, 7) is 0.341. The van der Waals surface area contributed by atoms with E-state index >= 15 is 0 Å². The molecule has 0 saturated carbocycles. The lowest BCUT2D eigenvalue weighted by molar-refractivity contribution is -0.141. The Bertz CT molecular complexity index is 596. The third-order valence-electron chi connectivity index (χ3n) is 2.55. The molecular weight excluding hydrogens is 340 g/mol. The van der Waals surface area contributed by atoms with Crippen molar-refractivity contribution in [1.82, 2.24) is 4.98 Å². The van der Waals surface area contributed by atoms with Gasteiger partial charge in [0.1, 0.15) is 11.5 Å². The minimum atomic E-state index is -4.45. The normalized spacial score (nSPS) is 11.4. The number of pyridine rings is 1. The molecule has 0 amide bonds. The van der Waals surface area contributed by atoms with Crippen LogP contribution in [0, 0.1) is 5.82 Å². The molecule has 0 aliphatic rings. The van der Waals surface area contributed by atoms with Gasteiger partial charge in [-0.15, -0.1) is 0 Å². The van der Waals surface area contributed by atoms with Crippen molar-refractivity contribution in [2.45, 2.75) is 12.7 Å². The molecule has 0 saturated heterocycles. The molecule has 1 aromatic carbocycles. The molecule has 1 aromatic heterocycles. The molecule has 0 aliphatic carbocycles. The third kappa shape index (κ3) is 3.69. The lowest BCUT2D eigenvalue weighted by Crippen LogP contribution is -2.08. The fraction of sp³-hybridized carbons (Fsp3) is 0.154. The van der Waals surface area contributed by atoms with Crippen LogP contribution >= 0.6 is 15.9 Å². The second kappa shape index (κ2) is 5.78. The molecular formula is C13H9BrF4N2. The Labute approximate surface area is 121 Å². The Kier molecular flexibility index (Phi) is 4.27. The summed E-state index contributed by atoms with van der Waals surface area (Å²) in [6, 6.07) is 6.42. The number of hydrogen-bond acceptors (Lipinski definition) is 2. The first-order valence-electron chi connectivity index (χ1n) is 5.57. The van der Waals surface area contributed by atoms with Crippen molar-refractivity contribution in [2.24, 2.45) is 0 Å². The third-order valence-corrected chi connectivity index (χ3v) is 3.29. The highest BCUT2D eigenvalue weighted by Gasteiger charge is 2.31. The molecule has 1 heterocycles. The number of halogens is 5. The SMILES string of the molecule is Fc1ccc(CNc2ccc(C(F)(F)F)nc2)c(Br)c1. The minimum Gasteiger partial charge on any atom is -0.380 e. The maximum atomic E-state index is 12.9. The Morgan fingerprint density at radius 1 is 1.15 bits per heavy atom. The van der Waals surface area contributed by atoms with Gasteiger partial charge in [0.15, 0.2) is 0 Å². The highest BCUT2D eigenvalue weighted by molar-refractivity contribution is 9.10. The molecule has 2 rings (SSSR count). The monoisotopic (exact) mass is 348 g/mol. The summed E-state index contributed by atoms with van der Waals surface area (Å²) in [5.41, 5.74) is 0.298. The molecule has 20 heavy (non-hydrogen) atoms. The fourth-order valence-electron chi connectivity index (χ4n) is 1.53. The van der Waals surface area contributed by atoms with Crippen LogP contribution in [-0.4, -0.2) is 4.98 Å². The van der Waals surface area contributed by atoms with Gasteiger partial charge in [0.2, 0.25) is 0 Å². The standard InChI is InChI=1S/C13H9BrF4N2/c14-11-5-9(15)2-1-8(11)6-19-10-3-4-12(20-7-10)13(16,17)18/h1-5,7,19H,6H2. The van der Waals surface area contributed by atoms with E-state index in [1.807, 2.05) is 0 Å². The van der Waals surface area contributed by atoms with Crippen LogP contribution in [0.4, 0.5) is 23.2 Å². The Morgan fingerprint density at radius 2 is 1.90 bits per heavy atom. The number of nitrogens with zero attached hydrogens (tertiary/aromatic N) is 1. The zero-order valence-electron chi connectivity index (χ0n) is 10.0. The first-order chi connectivity index (χ1) is 9.36. The van der Waals surface area contributed by atoms with E-state index in [0.717, 1.165) is 17.8 Å². The van der Waals surface area contributed by atoms with Crippen LogP contribution in [0.2, 0.25) is 0 Å². The molecule has 0 fully saturated rings. The van der Waals surface area contributed by atoms with Gasteiger partial charge in [-0.3, -0.25) is 0 Å². The molecule has 7 heteroatoms. The van der Waals surface area contributed by atoms with Gasteiger partial charge in [0, 0.05) is 11.0 Å². The summed E-state index contributed by atoms with van der Waals surface area (Å²) in [4.78, 5) is 3.34. The second-order valence-corrected chi connectivity index (χ2v) is 4.87. The molecule has 1 N–H and O–H groups in total.